The van der Waals surface area contributed by atoms with Gasteiger partial charge in [-0.1, -0.05) is 45.9 Å². The predicted molar refractivity (Wildman–Crippen MR) is 343 cm³/mol. The lowest BCUT2D eigenvalue weighted by molar-refractivity contribution is -0.148. The zero-order chi connectivity index (χ0) is 70.6. The van der Waals surface area contributed by atoms with Crippen LogP contribution in [-0.2, 0) is 73.5 Å². The standard InChI is InChI=1S/C62H98N16O17/c1-33(2)29-44(74-54(86)40(19-22-48(66)80)69-52(84)37(65)32-79)57(89)71-41(20-23-49(67)81)53(85)70-39(15-7-9-25-63)56(88)76-51(34(3)4)61(93)78-28-12-18-47(78)60(92)77-27-11-17-46(77)59(91)72-42(21-24-50(82)83)55(87)75-45(30-35-31-68-38-14-6-5-13-36(35)38)58(90)73-43(62(94)95)16-8-10-26-64/h5-6,13-14,31,33-34,37,39-47,51,68,79H,7-12,15-30,32,63-65H2,1-4H3,(H2,66,80)(H2,67,81)(H,69,84)(H,70,85)(H,71,89)(H,72,91)(H,73,90)(H,74,86)(H,75,87)(H,76,88)(H,82,83)(H,94,95)/t37-,39-,40-,41-,42-,43-,44-,45-,46-,47-,51-/m0/s1. The lowest BCUT2D eigenvalue weighted by atomic mass is 9.99. The molecule has 2 fully saturated rings. The number of primary amides is 2. The van der Waals surface area contributed by atoms with Gasteiger partial charge in [0.1, 0.15) is 66.5 Å². The van der Waals surface area contributed by atoms with Gasteiger partial charge >= 0.3 is 11.9 Å². The number of aliphatic hydroxyl groups is 1. The normalized spacial score (nSPS) is 17.4. The SMILES string of the molecule is CC(C)C[C@H](NC(=O)[C@H](CCC(N)=O)NC(=O)[C@@H](N)CO)C(=O)N[C@@H](CCC(N)=O)C(=O)N[C@@H](CCCCN)C(=O)N[C@H](C(=O)N1CCC[C@H]1C(=O)N1CCC[C@H]1C(=O)N[C@@H](CCC(=O)O)C(=O)N[C@@H](Cc1c[nH]c2ccccc12)C(=O)N[C@@H](CCCCN)C(=O)O)C(C)C. The highest BCUT2D eigenvalue weighted by Crippen LogP contribution is 2.27. The molecule has 2 aliphatic heterocycles. The molecule has 12 amide bonds. The molecular formula is C62H98N16O17. The van der Waals surface area contributed by atoms with Crippen molar-refractivity contribution in [2.75, 3.05) is 32.8 Å². The number of nitrogens with zero attached hydrogens (tertiary/aromatic N) is 2. The molecule has 33 heteroatoms. The Labute approximate surface area is 550 Å². The van der Waals surface area contributed by atoms with Crippen molar-refractivity contribution in [3.8, 4) is 0 Å². The number of amides is 12. The van der Waals surface area contributed by atoms with Gasteiger partial charge in [0, 0.05) is 55.9 Å². The molecule has 4 rings (SSSR count). The lowest BCUT2D eigenvalue weighted by Crippen LogP contribution is -2.61. The average molecular weight is 1340 g/mol. The maximum Gasteiger partial charge on any atom is 0.326 e. The van der Waals surface area contributed by atoms with E-state index in [1.54, 1.807) is 58.2 Å². The third-order valence-electron chi connectivity index (χ3n) is 16.5. The maximum absolute atomic E-state index is 14.8. The Bertz CT molecular complexity index is 3020. The zero-order valence-electron chi connectivity index (χ0n) is 54.5. The van der Waals surface area contributed by atoms with Crippen molar-refractivity contribution in [3.05, 3.63) is 36.0 Å². The van der Waals surface area contributed by atoms with Crippen LogP contribution in [-0.4, -0.2) is 212 Å². The summed E-state index contributed by atoms with van der Waals surface area (Å²) in [6.07, 6.45) is 1.27. The van der Waals surface area contributed by atoms with E-state index in [0.717, 1.165) is 0 Å². The summed E-state index contributed by atoms with van der Waals surface area (Å²) in [5.74, 6) is -13.8. The highest BCUT2D eigenvalue weighted by atomic mass is 16.4. The molecule has 0 radical (unpaired) electrons. The van der Waals surface area contributed by atoms with Crippen molar-refractivity contribution >= 4 is 93.7 Å². The Morgan fingerprint density at radius 3 is 1.56 bits per heavy atom. The van der Waals surface area contributed by atoms with Crippen LogP contribution >= 0.6 is 0 Å². The van der Waals surface area contributed by atoms with E-state index >= 15 is 0 Å². The number of aliphatic carboxylic acids is 2. The number of aliphatic hydroxyl groups excluding tert-OH is 1. The van der Waals surface area contributed by atoms with Gasteiger partial charge in [0.2, 0.25) is 70.9 Å². The van der Waals surface area contributed by atoms with E-state index in [0.29, 0.717) is 48.6 Å². The monoisotopic (exact) mass is 1340 g/mol. The van der Waals surface area contributed by atoms with Crippen molar-refractivity contribution in [3.63, 3.8) is 0 Å². The number of nitrogens with one attached hydrogen (secondary N) is 9. The minimum atomic E-state index is -1.58. The number of likely N-dealkylation sites (tertiary alicyclic amines) is 2. The van der Waals surface area contributed by atoms with Crippen molar-refractivity contribution in [2.45, 2.75) is 210 Å². The van der Waals surface area contributed by atoms with Crippen LogP contribution in [0.2, 0.25) is 0 Å². The number of aromatic nitrogens is 1. The van der Waals surface area contributed by atoms with Gasteiger partial charge in [0.05, 0.1) is 6.61 Å². The number of H-pyrrole nitrogens is 1. The smallest absolute Gasteiger partial charge is 0.326 e. The first kappa shape index (κ1) is 78.6. The second-order valence-electron chi connectivity index (χ2n) is 24.9. The Morgan fingerprint density at radius 1 is 0.558 bits per heavy atom. The summed E-state index contributed by atoms with van der Waals surface area (Å²) in [4.78, 5) is 195. The fraction of sp³-hybridized carbons (Fsp3) is 0.645. The Kier molecular flexibility index (Phi) is 32.4. The van der Waals surface area contributed by atoms with Gasteiger partial charge in [-0.05, 0) is 126 Å². The molecule has 33 nitrogen and oxygen atoms in total. The van der Waals surface area contributed by atoms with Gasteiger partial charge in [0.25, 0.3) is 0 Å². The lowest BCUT2D eigenvalue weighted by Gasteiger charge is -2.34. The molecule has 3 heterocycles. The minimum Gasteiger partial charge on any atom is -0.481 e. The molecule has 1 aromatic carbocycles. The highest BCUT2D eigenvalue weighted by Gasteiger charge is 2.45. The third kappa shape index (κ3) is 24.8. The number of para-hydroxylation sites is 1. The number of aromatic amines is 1. The van der Waals surface area contributed by atoms with Gasteiger partial charge in [-0.2, -0.15) is 0 Å². The number of hydrogen-bond donors (Lipinski definition) is 17. The molecule has 95 heavy (non-hydrogen) atoms. The van der Waals surface area contributed by atoms with E-state index in [1.165, 1.54) is 9.80 Å². The number of nitrogens with two attached hydrogens (primary N) is 5. The molecule has 0 bridgehead atoms. The first-order valence-corrected chi connectivity index (χ1v) is 32.4. The number of carbonyl (C=O) groups excluding carboxylic acids is 12. The number of carbonyl (C=O) groups is 14. The van der Waals surface area contributed by atoms with Gasteiger partial charge in [-0.25, -0.2) is 4.79 Å². The number of carboxylic acid groups (broad SMARTS) is 2. The highest BCUT2D eigenvalue weighted by molar-refractivity contribution is 6.00. The molecule has 2 aliphatic rings. The van der Waals surface area contributed by atoms with Crippen molar-refractivity contribution in [1.29, 1.82) is 0 Å². The summed E-state index contributed by atoms with van der Waals surface area (Å²) in [7, 11) is 0. The van der Waals surface area contributed by atoms with E-state index in [2.05, 4.69) is 47.5 Å². The van der Waals surface area contributed by atoms with Crippen LogP contribution in [0.3, 0.4) is 0 Å². The number of benzene rings is 1. The molecule has 0 saturated carbocycles. The molecule has 2 aromatic rings. The van der Waals surface area contributed by atoms with Crippen LogP contribution in [0.25, 0.3) is 10.9 Å². The Hall–Kier alpha value is -8.82. The number of fused-ring (bicyclic) bond motifs is 1. The number of hydrogen-bond acceptors (Lipinski definition) is 18. The van der Waals surface area contributed by atoms with Crippen LogP contribution in [0, 0.1) is 11.8 Å². The van der Waals surface area contributed by atoms with Gasteiger partial charge in [0.15, 0.2) is 0 Å². The second kappa shape index (κ2) is 39.1. The van der Waals surface area contributed by atoms with E-state index in [4.69, 9.17) is 28.7 Å². The van der Waals surface area contributed by atoms with Gasteiger partial charge in [-0.3, -0.25) is 62.3 Å². The van der Waals surface area contributed by atoms with E-state index in [-0.39, 0.29) is 96.3 Å². The third-order valence-corrected chi connectivity index (χ3v) is 16.5. The first-order valence-electron chi connectivity index (χ1n) is 32.4. The predicted octanol–water partition coefficient (Wildman–Crippen LogP) is -3.67. The molecule has 2 saturated heterocycles. The molecule has 22 N–H and O–H groups in total. The Balaban J connectivity index is 1.55. The fourth-order valence-electron chi connectivity index (χ4n) is 11.3. The summed E-state index contributed by atoms with van der Waals surface area (Å²) in [5.41, 5.74) is 29.1. The van der Waals surface area contributed by atoms with Crippen LogP contribution < -0.4 is 71.2 Å². The summed E-state index contributed by atoms with van der Waals surface area (Å²) < 4.78 is 0. The maximum atomic E-state index is 14.8. The quantitative estimate of drug-likeness (QED) is 0.0285. The minimum absolute atomic E-state index is 0.0323. The number of carboxylic acids is 2. The van der Waals surface area contributed by atoms with Crippen LogP contribution in [0.15, 0.2) is 30.5 Å². The molecule has 1 aromatic heterocycles. The largest absolute Gasteiger partial charge is 0.481 e. The van der Waals surface area contributed by atoms with Crippen LogP contribution in [0.1, 0.15) is 142 Å². The summed E-state index contributed by atoms with van der Waals surface area (Å²) >= 11 is 0. The molecule has 0 unspecified atom stereocenters. The first-order chi connectivity index (χ1) is 45.0. The van der Waals surface area contributed by atoms with Crippen LogP contribution in [0.4, 0.5) is 0 Å². The Morgan fingerprint density at radius 2 is 1.02 bits per heavy atom. The van der Waals surface area contributed by atoms with Crippen LogP contribution in [0.5, 0.6) is 0 Å². The van der Waals surface area contributed by atoms with Gasteiger partial charge in [-0.15, -0.1) is 0 Å². The van der Waals surface area contributed by atoms with E-state index < -0.39 is 181 Å². The molecule has 0 aliphatic carbocycles. The van der Waals surface area contributed by atoms with E-state index in [9.17, 15) is 82.4 Å². The van der Waals surface area contributed by atoms with Gasteiger partial charge < -0.3 is 101 Å². The van der Waals surface area contributed by atoms with Crippen molar-refractivity contribution < 1.29 is 82.4 Å². The molecule has 528 valence electrons. The summed E-state index contributed by atoms with van der Waals surface area (Å²) in [5, 5.41) is 50.4. The topological polar surface area (TPSA) is 548 Å². The molecule has 11 atom stereocenters. The molecular weight excluding hydrogens is 1240 g/mol. The van der Waals surface area contributed by atoms with E-state index in [1.807, 2.05) is 0 Å². The van der Waals surface area contributed by atoms with Crippen molar-refractivity contribution in [1.82, 2.24) is 57.3 Å². The number of rotatable bonds is 42. The fourth-order valence-corrected chi connectivity index (χ4v) is 11.3. The summed E-state index contributed by atoms with van der Waals surface area (Å²) in [6.45, 7) is 6.55. The molecule has 0 spiro atoms. The number of unbranched alkanes of at least 4 members (excludes halogenated alkanes) is 2. The second-order valence-corrected chi connectivity index (χ2v) is 24.9. The summed E-state index contributed by atoms with van der Waals surface area (Å²) in [6, 6.07) is -8.16. The van der Waals surface area contributed by atoms with Crippen molar-refractivity contribution in [2.24, 2.45) is 40.5 Å². The average Bonchev–Trinajstić information content (AvgIpc) is 1.70. The zero-order valence-corrected chi connectivity index (χ0v) is 54.5.